The molecule has 3 rings (SSSR count). The maximum Gasteiger partial charge on any atom is 0.228 e. The maximum absolute atomic E-state index is 11.6. The molecule has 0 spiro atoms. The molecule has 1 amide bonds. The van der Waals surface area contributed by atoms with Gasteiger partial charge < -0.3 is 10.4 Å². The first kappa shape index (κ1) is 13.8. The lowest BCUT2D eigenvalue weighted by molar-refractivity contribution is -0.115. The predicted molar refractivity (Wildman–Crippen MR) is 83.4 cm³/mol. The fourth-order valence-electron chi connectivity index (χ4n) is 2.98. The SMILES string of the molecule is Cc1c(C(O)Cc2ccccc2)cc2c(c1C)NC(=O)C2. The molecule has 3 heteroatoms. The summed E-state index contributed by atoms with van der Waals surface area (Å²) in [6, 6.07) is 11.9. The maximum atomic E-state index is 11.6. The van der Waals surface area contributed by atoms with Crippen molar-refractivity contribution >= 4 is 11.6 Å². The van der Waals surface area contributed by atoms with Gasteiger partial charge in [-0.2, -0.15) is 0 Å². The van der Waals surface area contributed by atoms with E-state index in [0.29, 0.717) is 12.8 Å². The molecule has 1 aliphatic rings. The molecule has 2 aromatic rings. The van der Waals surface area contributed by atoms with Gasteiger partial charge in [-0.3, -0.25) is 4.79 Å². The van der Waals surface area contributed by atoms with Crippen molar-refractivity contribution in [2.24, 2.45) is 0 Å². The molecule has 0 saturated heterocycles. The van der Waals surface area contributed by atoms with Gasteiger partial charge in [-0.25, -0.2) is 0 Å². The van der Waals surface area contributed by atoms with Gasteiger partial charge in [0, 0.05) is 12.1 Å². The summed E-state index contributed by atoms with van der Waals surface area (Å²) in [6.45, 7) is 4.00. The van der Waals surface area contributed by atoms with Crippen molar-refractivity contribution in [1.29, 1.82) is 0 Å². The highest BCUT2D eigenvalue weighted by Crippen LogP contribution is 2.34. The van der Waals surface area contributed by atoms with E-state index in [1.807, 2.05) is 50.2 Å². The first-order chi connectivity index (χ1) is 10.1. The summed E-state index contributed by atoms with van der Waals surface area (Å²) in [5.74, 6) is 0.0298. The summed E-state index contributed by atoms with van der Waals surface area (Å²) in [6.07, 6.45) is 0.440. The van der Waals surface area contributed by atoms with Crippen LogP contribution in [0.15, 0.2) is 36.4 Å². The summed E-state index contributed by atoms with van der Waals surface area (Å²) < 4.78 is 0. The molecule has 3 nitrogen and oxygen atoms in total. The summed E-state index contributed by atoms with van der Waals surface area (Å²) in [5.41, 5.74) is 6.06. The number of amides is 1. The van der Waals surface area contributed by atoms with Crippen molar-refractivity contribution in [3.8, 4) is 0 Å². The van der Waals surface area contributed by atoms with Crippen LogP contribution in [0.5, 0.6) is 0 Å². The van der Waals surface area contributed by atoms with Crippen molar-refractivity contribution in [3.63, 3.8) is 0 Å². The summed E-state index contributed by atoms with van der Waals surface area (Å²) in [5, 5.41) is 13.5. The highest BCUT2D eigenvalue weighted by atomic mass is 16.3. The average molecular weight is 281 g/mol. The summed E-state index contributed by atoms with van der Waals surface area (Å²) in [4.78, 5) is 11.6. The van der Waals surface area contributed by atoms with Crippen molar-refractivity contribution in [1.82, 2.24) is 0 Å². The highest BCUT2D eigenvalue weighted by molar-refractivity contribution is 6.00. The molecule has 1 aliphatic heterocycles. The third-order valence-corrected chi connectivity index (χ3v) is 4.27. The zero-order valence-electron chi connectivity index (χ0n) is 12.3. The summed E-state index contributed by atoms with van der Waals surface area (Å²) in [7, 11) is 0. The molecule has 0 fully saturated rings. The number of nitrogens with one attached hydrogen (secondary N) is 1. The number of fused-ring (bicyclic) bond motifs is 1. The van der Waals surface area contributed by atoms with Gasteiger partial charge in [-0.05, 0) is 41.7 Å². The molecule has 108 valence electrons. The van der Waals surface area contributed by atoms with E-state index in [9.17, 15) is 9.90 Å². The topological polar surface area (TPSA) is 49.3 Å². The Morgan fingerprint density at radius 1 is 1.19 bits per heavy atom. The van der Waals surface area contributed by atoms with E-state index < -0.39 is 6.10 Å². The van der Waals surface area contributed by atoms with Gasteiger partial charge in [-0.1, -0.05) is 36.4 Å². The number of benzene rings is 2. The lowest BCUT2D eigenvalue weighted by Crippen LogP contribution is -2.07. The van der Waals surface area contributed by atoms with E-state index in [2.05, 4.69) is 5.32 Å². The number of carbonyl (C=O) groups is 1. The molecule has 0 bridgehead atoms. The molecular weight excluding hydrogens is 262 g/mol. The van der Waals surface area contributed by atoms with Gasteiger partial charge in [0.25, 0.3) is 0 Å². The minimum Gasteiger partial charge on any atom is -0.388 e. The van der Waals surface area contributed by atoms with Gasteiger partial charge >= 0.3 is 0 Å². The third-order valence-electron chi connectivity index (χ3n) is 4.27. The van der Waals surface area contributed by atoms with E-state index in [1.165, 1.54) is 0 Å². The fourth-order valence-corrected chi connectivity index (χ4v) is 2.98. The number of rotatable bonds is 3. The Bertz CT molecular complexity index is 692. The lowest BCUT2D eigenvalue weighted by atomic mass is 9.91. The van der Waals surface area contributed by atoms with Gasteiger partial charge in [0.05, 0.1) is 12.5 Å². The Kier molecular flexibility index (Phi) is 3.52. The highest BCUT2D eigenvalue weighted by Gasteiger charge is 2.24. The van der Waals surface area contributed by atoms with Gasteiger partial charge in [0.1, 0.15) is 0 Å². The first-order valence-electron chi connectivity index (χ1n) is 7.21. The fraction of sp³-hybridized carbons (Fsp3) is 0.278. The van der Waals surface area contributed by atoms with Crippen LogP contribution >= 0.6 is 0 Å². The monoisotopic (exact) mass is 281 g/mol. The van der Waals surface area contributed by atoms with Crippen molar-refractivity contribution in [2.45, 2.75) is 32.8 Å². The summed E-state index contributed by atoms with van der Waals surface area (Å²) >= 11 is 0. The molecule has 0 saturated carbocycles. The zero-order valence-corrected chi connectivity index (χ0v) is 12.3. The van der Waals surface area contributed by atoms with E-state index in [4.69, 9.17) is 0 Å². The molecule has 21 heavy (non-hydrogen) atoms. The predicted octanol–water partition coefficient (Wildman–Crippen LogP) is 3.07. The van der Waals surface area contributed by atoms with Crippen LogP contribution in [0, 0.1) is 13.8 Å². The van der Waals surface area contributed by atoms with E-state index in [1.54, 1.807) is 0 Å². The van der Waals surface area contributed by atoms with Crippen LogP contribution in [-0.4, -0.2) is 11.0 Å². The van der Waals surface area contributed by atoms with Gasteiger partial charge in [0.15, 0.2) is 0 Å². The Balaban J connectivity index is 1.94. The Labute approximate surface area is 124 Å². The van der Waals surface area contributed by atoms with Crippen LogP contribution in [0.25, 0.3) is 0 Å². The van der Waals surface area contributed by atoms with E-state index in [0.717, 1.165) is 33.5 Å². The molecule has 1 unspecified atom stereocenters. The second-order valence-corrected chi connectivity index (χ2v) is 5.68. The largest absolute Gasteiger partial charge is 0.388 e. The van der Waals surface area contributed by atoms with Crippen LogP contribution in [-0.2, 0) is 17.6 Å². The molecule has 2 N–H and O–H groups in total. The molecule has 0 radical (unpaired) electrons. The van der Waals surface area contributed by atoms with Gasteiger partial charge in [0.2, 0.25) is 5.91 Å². The molecule has 0 aromatic heterocycles. The number of aliphatic hydroxyl groups excluding tert-OH is 1. The first-order valence-corrected chi connectivity index (χ1v) is 7.21. The quantitative estimate of drug-likeness (QED) is 0.908. The van der Waals surface area contributed by atoms with Crippen molar-refractivity contribution < 1.29 is 9.90 Å². The third kappa shape index (κ3) is 2.57. The number of hydrogen-bond donors (Lipinski definition) is 2. The van der Waals surface area contributed by atoms with Crippen molar-refractivity contribution in [3.05, 3.63) is 64.2 Å². The zero-order chi connectivity index (χ0) is 15.0. The average Bonchev–Trinajstić information content (AvgIpc) is 2.85. The standard InChI is InChI=1S/C18H19NO2/c1-11-12(2)18-14(10-17(21)19-18)9-15(11)16(20)8-13-6-4-3-5-7-13/h3-7,9,16,20H,8,10H2,1-2H3,(H,19,21). The Morgan fingerprint density at radius 2 is 1.90 bits per heavy atom. The molecule has 1 heterocycles. The molecular formula is C18H19NO2. The molecule has 1 atom stereocenters. The Morgan fingerprint density at radius 3 is 2.62 bits per heavy atom. The number of hydrogen-bond acceptors (Lipinski definition) is 2. The van der Waals surface area contributed by atoms with Crippen LogP contribution < -0.4 is 5.32 Å². The lowest BCUT2D eigenvalue weighted by Gasteiger charge is -2.18. The number of carbonyl (C=O) groups excluding carboxylic acids is 1. The molecule has 2 aromatic carbocycles. The van der Waals surface area contributed by atoms with Gasteiger partial charge in [-0.15, -0.1) is 0 Å². The Hall–Kier alpha value is -2.13. The van der Waals surface area contributed by atoms with Crippen molar-refractivity contribution in [2.75, 3.05) is 5.32 Å². The minimum atomic E-state index is -0.549. The van der Waals surface area contributed by atoms with E-state index >= 15 is 0 Å². The number of aliphatic hydroxyl groups is 1. The van der Waals surface area contributed by atoms with E-state index in [-0.39, 0.29) is 5.91 Å². The van der Waals surface area contributed by atoms with Crippen LogP contribution in [0.1, 0.15) is 33.9 Å². The second-order valence-electron chi connectivity index (χ2n) is 5.68. The van der Waals surface area contributed by atoms with Crippen LogP contribution in [0.4, 0.5) is 5.69 Å². The number of anilines is 1. The van der Waals surface area contributed by atoms with Crippen LogP contribution in [0.3, 0.4) is 0 Å². The smallest absolute Gasteiger partial charge is 0.228 e. The minimum absolute atomic E-state index is 0.0298. The van der Waals surface area contributed by atoms with Crippen LogP contribution in [0.2, 0.25) is 0 Å². The normalized spacial score (nSPS) is 14.7. The second kappa shape index (κ2) is 5.34. The molecule has 0 aliphatic carbocycles.